The van der Waals surface area contributed by atoms with Gasteiger partial charge in [-0.05, 0) is 18.2 Å². The quantitative estimate of drug-likeness (QED) is 0.838. The minimum Gasteiger partial charge on any atom is -0.376 e. The molecule has 1 aromatic rings. The van der Waals surface area contributed by atoms with Gasteiger partial charge in [0.25, 0.3) is 5.91 Å². The van der Waals surface area contributed by atoms with E-state index < -0.39 is 29.8 Å². The second-order valence-electron chi connectivity index (χ2n) is 5.57. The van der Waals surface area contributed by atoms with Gasteiger partial charge in [-0.25, -0.2) is 0 Å². The third kappa shape index (κ3) is 3.88. The average Bonchev–Trinajstić information content (AvgIpc) is 2.58. The van der Waals surface area contributed by atoms with Gasteiger partial charge in [0, 0.05) is 26.8 Å². The number of ether oxygens (including phenoxy) is 3. The van der Waals surface area contributed by atoms with Crippen LogP contribution in [0.1, 0.15) is 15.9 Å². The van der Waals surface area contributed by atoms with Gasteiger partial charge < -0.3 is 19.1 Å². The number of alkyl halides is 3. The molecule has 3 atom stereocenters. The van der Waals surface area contributed by atoms with E-state index in [0.717, 1.165) is 12.1 Å². The van der Waals surface area contributed by atoms with E-state index in [2.05, 4.69) is 0 Å². The zero-order chi connectivity index (χ0) is 17.9. The van der Waals surface area contributed by atoms with Gasteiger partial charge in [0.1, 0.15) is 12.2 Å². The molecule has 0 spiro atoms. The monoisotopic (exact) mass is 347 g/mol. The Kier molecular flexibility index (Phi) is 5.84. The van der Waals surface area contributed by atoms with Crippen molar-refractivity contribution in [2.75, 3.05) is 34.5 Å². The first-order valence-corrected chi connectivity index (χ1v) is 7.37. The topological polar surface area (TPSA) is 48.0 Å². The van der Waals surface area contributed by atoms with E-state index in [1.54, 1.807) is 0 Å². The Morgan fingerprint density at radius 2 is 1.96 bits per heavy atom. The van der Waals surface area contributed by atoms with Gasteiger partial charge >= 0.3 is 6.18 Å². The summed E-state index contributed by atoms with van der Waals surface area (Å²) < 4.78 is 54.6. The SMILES string of the molecule is CO[C@H]1[C@H](N(C)C(=O)c2cccc(C(F)(F)F)c2)COC[C@H]1OC. The first kappa shape index (κ1) is 18.7. The van der Waals surface area contributed by atoms with E-state index in [9.17, 15) is 18.0 Å². The van der Waals surface area contributed by atoms with Crippen LogP contribution in [0.5, 0.6) is 0 Å². The van der Waals surface area contributed by atoms with Crippen molar-refractivity contribution >= 4 is 5.91 Å². The number of carbonyl (C=O) groups is 1. The number of likely N-dealkylation sites (N-methyl/N-ethyl adjacent to an activating group) is 1. The fourth-order valence-corrected chi connectivity index (χ4v) is 2.77. The molecule has 1 amide bonds. The van der Waals surface area contributed by atoms with Gasteiger partial charge in [-0.15, -0.1) is 0 Å². The minimum atomic E-state index is -4.50. The molecule has 1 aliphatic rings. The lowest BCUT2D eigenvalue weighted by molar-refractivity contribution is -0.147. The normalized spacial score (nSPS) is 24.7. The van der Waals surface area contributed by atoms with Crippen LogP contribution in [0, 0.1) is 0 Å². The molecule has 0 N–H and O–H groups in total. The summed E-state index contributed by atoms with van der Waals surface area (Å²) in [6, 6.07) is 3.88. The molecule has 1 aromatic carbocycles. The maximum atomic E-state index is 12.8. The van der Waals surface area contributed by atoms with Gasteiger partial charge in [-0.2, -0.15) is 13.2 Å². The molecule has 134 valence electrons. The van der Waals surface area contributed by atoms with Crippen LogP contribution in [0.4, 0.5) is 13.2 Å². The van der Waals surface area contributed by atoms with Crippen LogP contribution in [0.15, 0.2) is 24.3 Å². The van der Waals surface area contributed by atoms with Crippen molar-refractivity contribution < 1.29 is 32.2 Å². The fourth-order valence-electron chi connectivity index (χ4n) is 2.77. The van der Waals surface area contributed by atoms with Crippen molar-refractivity contribution in [3.63, 3.8) is 0 Å². The van der Waals surface area contributed by atoms with Crippen molar-refractivity contribution in [3.8, 4) is 0 Å². The lowest BCUT2D eigenvalue weighted by Gasteiger charge is -2.40. The van der Waals surface area contributed by atoms with Gasteiger partial charge in [0.15, 0.2) is 0 Å². The molecule has 5 nitrogen and oxygen atoms in total. The fraction of sp³-hybridized carbons (Fsp3) is 0.562. The summed E-state index contributed by atoms with van der Waals surface area (Å²) >= 11 is 0. The van der Waals surface area contributed by atoms with E-state index in [1.165, 1.54) is 38.3 Å². The number of methoxy groups -OCH3 is 2. The smallest absolute Gasteiger partial charge is 0.376 e. The average molecular weight is 347 g/mol. The predicted octanol–water partition coefficient (Wildman–Crippen LogP) is 2.21. The van der Waals surface area contributed by atoms with Crippen molar-refractivity contribution in [1.82, 2.24) is 4.90 Å². The standard InChI is InChI=1S/C16H20F3NO4/c1-20(12-8-24-9-13(22-2)14(12)23-3)15(21)10-5-4-6-11(7-10)16(17,18)19/h4-7,12-14H,8-9H2,1-3H3/t12-,13-,14+/m1/s1. The molecule has 1 saturated heterocycles. The Morgan fingerprint density at radius 3 is 2.54 bits per heavy atom. The van der Waals surface area contributed by atoms with E-state index in [4.69, 9.17) is 14.2 Å². The van der Waals surface area contributed by atoms with E-state index >= 15 is 0 Å². The summed E-state index contributed by atoms with van der Waals surface area (Å²) in [6.07, 6.45) is -5.28. The lowest BCUT2D eigenvalue weighted by Crippen LogP contribution is -2.57. The summed E-state index contributed by atoms with van der Waals surface area (Å²) in [5.41, 5.74) is -0.901. The molecule has 1 fully saturated rings. The molecule has 1 heterocycles. The maximum Gasteiger partial charge on any atom is 0.416 e. The van der Waals surface area contributed by atoms with Crippen molar-refractivity contribution in [2.24, 2.45) is 0 Å². The first-order chi connectivity index (χ1) is 11.3. The van der Waals surface area contributed by atoms with Crippen molar-refractivity contribution in [1.29, 1.82) is 0 Å². The Balaban J connectivity index is 2.22. The number of amides is 1. The number of hydrogen-bond acceptors (Lipinski definition) is 4. The molecule has 0 aliphatic carbocycles. The molecule has 24 heavy (non-hydrogen) atoms. The number of nitrogens with zero attached hydrogens (tertiary/aromatic N) is 1. The molecular weight excluding hydrogens is 327 g/mol. The Labute approximate surface area is 138 Å². The van der Waals surface area contributed by atoms with Crippen LogP contribution in [0.2, 0.25) is 0 Å². The van der Waals surface area contributed by atoms with Crippen LogP contribution in [-0.2, 0) is 20.4 Å². The molecule has 0 unspecified atom stereocenters. The van der Waals surface area contributed by atoms with Gasteiger partial charge in [0.05, 0.1) is 24.8 Å². The summed E-state index contributed by atoms with van der Waals surface area (Å²) in [5.74, 6) is -0.534. The number of benzene rings is 1. The maximum absolute atomic E-state index is 12.8. The first-order valence-electron chi connectivity index (χ1n) is 7.37. The number of rotatable bonds is 4. The van der Waals surface area contributed by atoms with Crippen LogP contribution in [-0.4, -0.2) is 63.5 Å². The Bertz CT molecular complexity index is 579. The number of halogens is 3. The lowest BCUT2D eigenvalue weighted by atomic mass is 10.0. The van der Waals surface area contributed by atoms with Gasteiger partial charge in [-0.3, -0.25) is 4.79 Å². The summed E-state index contributed by atoms with van der Waals surface area (Å²) in [7, 11) is 4.52. The van der Waals surface area contributed by atoms with Gasteiger partial charge in [-0.1, -0.05) is 6.07 Å². The molecule has 2 rings (SSSR count). The van der Waals surface area contributed by atoms with Crippen LogP contribution >= 0.6 is 0 Å². The van der Waals surface area contributed by atoms with Crippen molar-refractivity contribution in [3.05, 3.63) is 35.4 Å². The highest BCUT2D eigenvalue weighted by molar-refractivity contribution is 5.94. The third-order valence-electron chi connectivity index (χ3n) is 4.15. The van der Waals surface area contributed by atoms with Gasteiger partial charge in [0.2, 0.25) is 0 Å². The summed E-state index contributed by atoms with van der Waals surface area (Å²) in [6.45, 7) is 0.552. The minimum absolute atomic E-state index is 0.0401. The number of carbonyl (C=O) groups excluding carboxylic acids is 1. The Hall–Kier alpha value is -1.64. The van der Waals surface area contributed by atoms with Crippen LogP contribution in [0.25, 0.3) is 0 Å². The second-order valence-corrected chi connectivity index (χ2v) is 5.57. The summed E-state index contributed by atoms with van der Waals surface area (Å²) in [4.78, 5) is 13.9. The highest BCUT2D eigenvalue weighted by atomic mass is 19.4. The second kappa shape index (κ2) is 7.50. The third-order valence-corrected chi connectivity index (χ3v) is 4.15. The van der Waals surface area contributed by atoms with E-state index in [1.807, 2.05) is 0 Å². The van der Waals surface area contributed by atoms with Crippen molar-refractivity contribution in [2.45, 2.75) is 24.4 Å². The highest BCUT2D eigenvalue weighted by Crippen LogP contribution is 2.30. The highest BCUT2D eigenvalue weighted by Gasteiger charge is 2.39. The molecule has 0 bridgehead atoms. The predicted molar refractivity (Wildman–Crippen MR) is 79.7 cm³/mol. The number of hydrogen-bond donors (Lipinski definition) is 0. The zero-order valence-corrected chi connectivity index (χ0v) is 13.7. The van der Waals surface area contributed by atoms with E-state index in [0.29, 0.717) is 6.61 Å². The largest absolute Gasteiger partial charge is 0.416 e. The van der Waals surface area contributed by atoms with Crippen LogP contribution in [0.3, 0.4) is 0 Å². The molecular formula is C16H20F3NO4. The zero-order valence-electron chi connectivity index (χ0n) is 13.7. The Morgan fingerprint density at radius 1 is 1.25 bits per heavy atom. The molecule has 1 aliphatic heterocycles. The molecule has 8 heteroatoms. The summed E-state index contributed by atoms with van der Waals surface area (Å²) in [5, 5.41) is 0. The van der Waals surface area contributed by atoms with E-state index in [-0.39, 0.29) is 18.3 Å². The molecule has 0 saturated carbocycles. The van der Waals surface area contributed by atoms with Crippen LogP contribution < -0.4 is 0 Å². The molecule has 0 aromatic heterocycles. The molecule has 0 radical (unpaired) electrons.